The number of aliphatic imine (C=N–C) groups is 2. The van der Waals surface area contributed by atoms with Crippen LogP contribution in [-0.2, 0) is 6.42 Å². The summed E-state index contributed by atoms with van der Waals surface area (Å²) in [5, 5.41) is 3.48. The second kappa shape index (κ2) is 13.4. The molecule has 0 radical (unpaired) electrons. The van der Waals surface area contributed by atoms with Crippen LogP contribution in [-0.4, -0.2) is 85.7 Å². The first kappa shape index (κ1) is 29.0. The second-order valence-corrected chi connectivity index (χ2v) is 10.8. The lowest BCUT2D eigenvalue weighted by Gasteiger charge is -2.39. The van der Waals surface area contributed by atoms with E-state index in [2.05, 4.69) is 21.8 Å². The van der Waals surface area contributed by atoms with Crippen LogP contribution in [0.1, 0.15) is 57.1 Å². The first-order valence-corrected chi connectivity index (χ1v) is 14.3. The number of likely N-dealkylation sites (N-methyl/N-ethyl adjacent to an activating group) is 1. The molecule has 1 aromatic carbocycles. The highest BCUT2D eigenvalue weighted by Gasteiger charge is 2.29. The Morgan fingerprint density at radius 1 is 1.03 bits per heavy atom. The molecular weight excluding hydrogens is 494 g/mol. The molecule has 8 heteroatoms. The molecule has 0 bridgehead atoms. The zero-order valence-corrected chi connectivity index (χ0v) is 24.1. The van der Waals surface area contributed by atoms with Crippen LogP contribution in [0, 0.1) is 5.82 Å². The molecule has 1 N–H and O–H groups in total. The van der Waals surface area contributed by atoms with Gasteiger partial charge in [-0.25, -0.2) is 13.8 Å². The normalized spacial score (nSPS) is 28.3. The van der Waals surface area contributed by atoms with Crippen LogP contribution in [0.3, 0.4) is 0 Å². The van der Waals surface area contributed by atoms with E-state index in [1.165, 1.54) is 0 Å². The molecule has 1 aromatic rings. The van der Waals surface area contributed by atoms with Gasteiger partial charge in [0.2, 0.25) is 0 Å². The molecule has 2 fully saturated rings. The minimum Gasteiger partial charge on any atom is -0.374 e. The molecule has 0 saturated carbocycles. The molecule has 39 heavy (non-hydrogen) atoms. The van der Waals surface area contributed by atoms with E-state index >= 15 is 4.39 Å². The molecule has 3 aliphatic rings. The molecule has 0 aliphatic carbocycles. The highest BCUT2D eigenvalue weighted by atomic mass is 19.1. The Bertz CT molecular complexity index is 1160. The van der Waals surface area contributed by atoms with Crippen molar-refractivity contribution in [3.63, 3.8) is 0 Å². The zero-order chi connectivity index (χ0) is 27.9. The average molecular weight is 539 g/mol. The molecule has 0 spiro atoms. The molecule has 2 saturated heterocycles. The molecule has 0 aromatic heterocycles. The summed E-state index contributed by atoms with van der Waals surface area (Å²) in [7, 11) is 3.72. The third-order valence-electron chi connectivity index (χ3n) is 8.14. The van der Waals surface area contributed by atoms with E-state index in [-0.39, 0.29) is 17.7 Å². The zero-order valence-electron chi connectivity index (χ0n) is 24.1. The van der Waals surface area contributed by atoms with Gasteiger partial charge in [0.05, 0.1) is 17.5 Å². The van der Waals surface area contributed by atoms with Crippen molar-refractivity contribution in [3.05, 3.63) is 65.0 Å². The number of amidine groups is 1. The van der Waals surface area contributed by atoms with Gasteiger partial charge < -0.3 is 20.0 Å². The molecule has 6 nitrogen and oxygen atoms in total. The molecular formula is C31H44F2N6. The first-order valence-electron chi connectivity index (χ1n) is 14.3. The van der Waals surface area contributed by atoms with Gasteiger partial charge >= 0.3 is 0 Å². The maximum Gasteiger partial charge on any atom is 0.184 e. The molecule has 212 valence electrons. The van der Waals surface area contributed by atoms with Crippen molar-refractivity contribution in [2.75, 3.05) is 53.4 Å². The Kier molecular flexibility index (Phi) is 9.94. The lowest BCUT2D eigenvalue weighted by Crippen LogP contribution is -2.43. The number of likely N-dealkylation sites (tertiary alicyclic amines) is 1. The van der Waals surface area contributed by atoms with Crippen molar-refractivity contribution in [1.82, 2.24) is 20.0 Å². The lowest BCUT2D eigenvalue weighted by atomic mass is 9.93. The Hall–Kier alpha value is -3.00. The summed E-state index contributed by atoms with van der Waals surface area (Å²) in [6.07, 6.45) is 7.80. The van der Waals surface area contributed by atoms with Gasteiger partial charge in [0.1, 0.15) is 5.82 Å². The lowest BCUT2D eigenvalue weighted by molar-refractivity contribution is 0.282. The standard InChI is InChI=1S/C31H44F2N6/c1-22-20-28(34-4)29-11-6-7-18-39(29)23(2)27-21-26(32)13-12-25(27)10-8-14-35-15-19-37(5)24(3)30(33)31(36-22)38-16-9-17-38/h12-13,20-21,29,35H,2,6-11,14-19H2,1,3-5H3/b22-20+,30-24-,34-28?,36-31+. The smallest absolute Gasteiger partial charge is 0.184 e. The Morgan fingerprint density at radius 2 is 1.82 bits per heavy atom. The number of rotatable bonds is 0. The van der Waals surface area contributed by atoms with Crippen LogP contribution in [0.5, 0.6) is 0 Å². The number of halogens is 2. The average Bonchev–Trinajstić information content (AvgIpc) is 2.91. The number of benzene rings is 1. The molecule has 3 aliphatic heterocycles. The number of allylic oxidation sites excluding steroid dienone is 2. The van der Waals surface area contributed by atoms with E-state index in [0.717, 1.165) is 93.8 Å². The monoisotopic (exact) mass is 538 g/mol. The van der Waals surface area contributed by atoms with Crippen LogP contribution in [0.4, 0.5) is 8.78 Å². The van der Waals surface area contributed by atoms with Gasteiger partial charge in [-0.2, -0.15) is 0 Å². The quantitative estimate of drug-likeness (QED) is 0.481. The summed E-state index contributed by atoms with van der Waals surface area (Å²) >= 11 is 0. The van der Waals surface area contributed by atoms with Gasteiger partial charge in [-0.15, -0.1) is 0 Å². The van der Waals surface area contributed by atoms with Crippen LogP contribution >= 0.6 is 0 Å². The minimum atomic E-state index is -0.275. The van der Waals surface area contributed by atoms with Gasteiger partial charge in [0.15, 0.2) is 11.7 Å². The number of nitrogens with zero attached hydrogens (tertiary/aromatic N) is 5. The number of piperidine rings is 1. The number of hydrogen-bond acceptors (Lipinski definition) is 6. The first-order chi connectivity index (χ1) is 18.8. The van der Waals surface area contributed by atoms with Crippen molar-refractivity contribution in [2.24, 2.45) is 9.98 Å². The number of fused-ring (bicyclic) bond motifs is 2. The Morgan fingerprint density at radius 3 is 2.54 bits per heavy atom. The predicted octanol–water partition coefficient (Wildman–Crippen LogP) is 5.40. The summed E-state index contributed by atoms with van der Waals surface area (Å²) in [4.78, 5) is 15.7. The third-order valence-corrected chi connectivity index (χ3v) is 8.14. The molecule has 3 heterocycles. The minimum absolute atomic E-state index is 0.00184. The molecule has 0 amide bonds. The van der Waals surface area contributed by atoms with Crippen LogP contribution in [0.2, 0.25) is 0 Å². The van der Waals surface area contributed by atoms with Crippen molar-refractivity contribution >= 4 is 17.2 Å². The Labute approximate surface area is 232 Å². The number of aryl methyl sites for hydroxylation is 1. The van der Waals surface area contributed by atoms with Crippen molar-refractivity contribution in [2.45, 2.75) is 58.4 Å². The third kappa shape index (κ3) is 6.96. The van der Waals surface area contributed by atoms with Crippen LogP contribution < -0.4 is 5.32 Å². The van der Waals surface area contributed by atoms with E-state index in [1.54, 1.807) is 19.2 Å². The fourth-order valence-corrected chi connectivity index (χ4v) is 5.53. The fourth-order valence-electron chi connectivity index (χ4n) is 5.53. The van der Waals surface area contributed by atoms with Crippen molar-refractivity contribution in [1.29, 1.82) is 0 Å². The van der Waals surface area contributed by atoms with Crippen molar-refractivity contribution < 1.29 is 8.78 Å². The molecule has 1 unspecified atom stereocenters. The van der Waals surface area contributed by atoms with Crippen molar-refractivity contribution in [3.8, 4) is 0 Å². The van der Waals surface area contributed by atoms with Gasteiger partial charge in [-0.1, -0.05) is 12.6 Å². The summed E-state index contributed by atoms with van der Waals surface area (Å²) in [6, 6.07) is 5.06. The summed E-state index contributed by atoms with van der Waals surface area (Å²) < 4.78 is 30.3. The number of nitrogens with one attached hydrogen (secondary N) is 1. The highest BCUT2D eigenvalue weighted by molar-refractivity contribution is 6.02. The maximum absolute atomic E-state index is 15.8. The summed E-state index contributed by atoms with van der Waals surface area (Å²) in [5.41, 5.74) is 5.00. The predicted molar refractivity (Wildman–Crippen MR) is 158 cm³/mol. The van der Waals surface area contributed by atoms with Crippen LogP contribution in [0.25, 0.3) is 5.70 Å². The fraction of sp³-hybridized carbons (Fsp3) is 0.548. The maximum atomic E-state index is 15.8. The van der Waals surface area contributed by atoms with Crippen LogP contribution in [0.15, 0.2) is 58.1 Å². The van der Waals surface area contributed by atoms with E-state index < -0.39 is 0 Å². The van der Waals surface area contributed by atoms with E-state index in [0.29, 0.717) is 23.8 Å². The summed E-state index contributed by atoms with van der Waals surface area (Å²) in [5.74, 6) is -0.126. The topological polar surface area (TPSA) is 46.5 Å². The Balaban J connectivity index is 1.75. The molecule has 1 atom stereocenters. The largest absolute Gasteiger partial charge is 0.374 e. The number of hydrogen-bond donors (Lipinski definition) is 1. The van der Waals surface area contributed by atoms with Gasteiger partial charge in [-0.05, 0) is 82.7 Å². The van der Waals surface area contributed by atoms with E-state index in [4.69, 9.17) is 4.99 Å². The van der Waals surface area contributed by atoms with E-state index in [9.17, 15) is 4.39 Å². The van der Waals surface area contributed by atoms with Gasteiger partial charge in [0.25, 0.3) is 0 Å². The summed E-state index contributed by atoms with van der Waals surface area (Å²) in [6.45, 7) is 12.9. The second-order valence-electron chi connectivity index (χ2n) is 10.8. The molecule has 4 rings (SSSR count). The highest BCUT2D eigenvalue weighted by Crippen LogP contribution is 2.31. The SMILES string of the molecule is C=C1c2cc(F)ccc2CCCNCCN(C)/C(C)=C(F)/C(N2CCC2)=N\C(C)=C\C(=NC)C2CCCCN12. The van der Waals surface area contributed by atoms with Gasteiger partial charge in [-0.3, -0.25) is 4.99 Å². The van der Waals surface area contributed by atoms with Gasteiger partial charge in [0, 0.05) is 63.8 Å². The van der Waals surface area contributed by atoms with E-state index in [1.807, 2.05) is 42.8 Å².